The third-order valence-corrected chi connectivity index (χ3v) is 3.19. The van der Waals surface area contributed by atoms with E-state index < -0.39 is 11.8 Å². The summed E-state index contributed by atoms with van der Waals surface area (Å²) in [6.45, 7) is 0. The van der Waals surface area contributed by atoms with Crippen LogP contribution < -0.4 is 4.74 Å². The van der Waals surface area contributed by atoms with Crippen molar-refractivity contribution in [2.24, 2.45) is 0 Å². The van der Waals surface area contributed by atoms with E-state index in [9.17, 15) is 9.18 Å². The fourth-order valence-electron chi connectivity index (χ4n) is 2.00. The van der Waals surface area contributed by atoms with Gasteiger partial charge in [0.1, 0.15) is 11.6 Å². The lowest BCUT2D eigenvalue weighted by molar-refractivity contribution is 0.0696. The van der Waals surface area contributed by atoms with Crippen molar-refractivity contribution in [3.63, 3.8) is 0 Å². The molecule has 1 aliphatic rings. The van der Waals surface area contributed by atoms with E-state index in [2.05, 4.69) is 0 Å². The van der Waals surface area contributed by atoms with Crippen molar-refractivity contribution in [3.05, 3.63) is 53.8 Å². The Morgan fingerprint density at radius 2 is 2.00 bits per heavy atom. The molecule has 102 valence electrons. The molecule has 0 spiro atoms. The van der Waals surface area contributed by atoms with Gasteiger partial charge in [-0.1, -0.05) is 18.2 Å². The summed E-state index contributed by atoms with van der Waals surface area (Å²) < 4.78 is 19.7. The number of aromatic carboxylic acids is 1. The highest BCUT2D eigenvalue weighted by molar-refractivity contribution is 5.88. The molecule has 0 saturated heterocycles. The molecule has 0 atom stereocenters. The topological polar surface area (TPSA) is 46.5 Å². The fourth-order valence-corrected chi connectivity index (χ4v) is 2.00. The lowest BCUT2D eigenvalue weighted by atomic mass is 10.0. The summed E-state index contributed by atoms with van der Waals surface area (Å²) in [7, 11) is 0. The van der Waals surface area contributed by atoms with Crippen LogP contribution in [0.25, 0.3) is 11.1 Å². The number of halogens is 1. The van der Waals surface area contributed by atoms with Gasteiger partial charge in [0.2, 0.25) is 0 Å². The summed E-state index contributed by atoms with van der Waals surface area (Å²) >= 11 is 0. The van der Waals surface area contributed by atoms with Crippen molar-refractivity contribution in [2.45, 2.75) is 18.9 Å². The molecule has 3 nitrogen and oxygen atoms in total. The molecule has 20 heavy (non-hydrogen) atoms. The van der Waals surface area contributed by atoms with Crippen LogP contribution in [0.1, 0.15) is 23.2 Å². The minimum absolute atomic E-state index is 0.0587. The number of rotatable bonds is 4. The normalized spacial score (nSPS) is 14.1. The predicted octanol–water partition coefficient (Wildman–Crippen LogP) is 3.73. The molecule has 3 rings (SSSR count). The molecule has 0 aliphatic heterocycles. The molecule has 1 aliphatic carbocycles. The Labute approximate surface area is 115 Å². The second kappa shape index (κ2) is 4.96. The second-order valence-electron chi connectivity index (χ2n) is 4.84. The lowest BCUT2D eigenvalue weighted by Gasteiger charge is -2.08. The molecular formula is C16H13FO3. The number of benzene rings is 2. The quantitative estimate of drug-likeness (QED) is 0.922. The Kier molecular flexibility index (Phi) is 3.14. The van der Waals surface area contributed by atoms with E-state index in [0.29, 0.717) is 16.9 Å². The molecule has 0 radical (unpaired) electrons. The average molecular weight is 272 g/mol. The van der Waals surface area contributed by atoms with Crippen molar-refractivity contribution in [1.82, 2.24) is 0 Å². The summed E-state index contributed by atoms with van der Waals surface area (Å²) in [5.41, 5.74) is 0.991. The number of carbonyl (C=O) groups is 1. The van der Waals surface area contributed by atoms with Crippen molar-refractivity contribution in [3.8, 4) is 16.9 Å². The van der Waals surface area contributed by atoms with Crippen LogP contribution >= 0.6 is 0 Å². The first-order valence-corrected chi connectivity index (χ1v) is 6.43. The first kappa shape index (κ1) is 12.7. The minimum atomic E-state index is -1.14. The van der Waals surface area contributed by atoms with Gasteiger partial charge in [-0.05, 0) is 42.7 Å². The standard InChI is InChI=1S/C16H13FO3/c17-15-9-11(16(18)19)4-7-14(15)10-2-1-3-13(8-10)20-12-5-6-12/h1-4,7-9,12H,5-6H2,(H,18,19). The van der Waals surface area contributed by atoms with Gasteiger partial charge in [-0.2, -0.15) is 0 Å². The maximum Gasteiger partial charge on any atom is 0.335 e. The van der Waals surface area contributed by atoms with Crippen molar-refractivity contribution < 1.29 is 19.0 Å². The van der Waals surface area contributed by atoms with Gasteiger partial charge in [0.05, 0.1) is 11.7 Å². The van der Waals surface area contributed by atoms with Gasteiger partial charge in [0, 0.05) is 5.56 Å². The average Bonchev–Trinajstić information content (AvgIpc) is 3.22. The largest absolute Gasteiger partial charge is 0.490 e. The zero-order chi connectivity index (χ0) is 14.1. The number of carboxylic acid groups (broad SMARTS) is 1. The fraction of sp³-hybridized carbons (Fsp3) is 0.188. The summed E-state index contributed by atoms with van der Waals surface area (Å²) in [6, 6.07) is 11.1. The first-order chi connectivity index (χ1) is 9.63. The van der Waals surface area contributed by atoms with E-state index >= 15 is 0 Å². The molecule has 0 heterocycles. The number of carboxylic acids is 1. The van der Waals surface area contributed by atoms with Crippen LogP contribution in [0.4, 0.5) is 4.39 Å². The van der Waals surface area contributed by atoms with Crippen LogP contribution in [0.15, 0.2) is 42.5 Å². The predicted molar refractivity (Wildman–Crippen MR) is 72.4 cm³/mol. The SMILES string of the molecule is O=C(O)c1ccc(-c2cccc(OC3CC3)c2)c(F)c1. The highest BCUT2D eigenvalue weighted by Crippen LogP contribution is 2.31. The van der Waals surface area contributed by atoms with Crippen LogP contribution in [0.2, 0.25) is 0 Å². The molecule has 1 N–H and O–H groups in total. The third-order valence-electron chi connectivity index (χ3n) is 3.19. The maximum absolute atomic E-state index is 14.0. The van der Waals surface area contributed by atoms with E-state index in [-0.39, 0.29) is 11.7 Å². The van der Waals surface area contributed by atoms with Crippen molar-refractivity contribution >= 4 is 5.97 Å². The highest BCUT2D eigenvalue weighted by Gasteiger charge is 2.23. The Morgan fingerprint density at radius 3 is 2.65 bits per heavy atom. The summed E-state index contributed by atoms with van der Waals surface area (Å²) in [4.78, 5) is 10.8. The molecule has 0 aromatic heterocycles. The molecule has 0 unspecified atom stereocenters. The third kappa shape index (κ3) is 2.64. The van der Waals surface area contributed by atoms with Gasteiger partial charge in [-0.25, -0.2) is 9.18 Å². The molecule has 1 saturated carbocycles. The van der Waals surface area contributed by atoms with E-state index in [1.54, 1.807) is 18.2 Å². The Balaban J connectivity index is 1.93. The van der Waals surface area contributed by atoms with Gasteiger partial charge in [0.25, 0.3) is 0 Å². The Hall–Kier alpha value is -2.36. The van der Waals surface area contributed by atoms with Gasteiger partial charge in [0.15, 0.2) is 0 Å². The van der Waals surface area contributed by atoms with Crippen LogP contribution in [-0.4, -0.2) is 17.2 Å². The maximum atomic E-state index is 14.0. The zero-order valence-corrected chi connectivity index (χ0v) is 10.7. The van der Waals surface area contributed by atoms with Crippen LogP contribution in [0.3, 0.4) is 0 Å². The monoisotopic (exact) mass is 272 g/mol. The van der Waals surface area contributed by atoms with E-state index in [1.165, 1.54) is 12.1 Å². The molecule has 0 amide bonds. The summed E-state index contributed by atoms with van der Waals surface area (Å²) in [5.74, 6) is -0.971. The van der Waals surface area contributed by atoms with Crippen LogP contribution in [-0.2, 0) is 0 Å². The lowest BCUT2D eigenvalue weighted by Crippen LogP contribution is -1.98. The number of ether oxygens (including phenoxy) is 1. The molecule has 2 aromatic rings. The van der Waals surface area contributed by atoms with Crippen molar-refractivity contribution in [1.29, 1.82) is 0 Å². The van der Waals surface area contributed by atoms with E-state index in [1.807, 2.05) is 6.07 Å². The van der Waals surface area contributed by atoms with Crippen LogP contribution in [0.5, 0.6) is 5.75 Å². The molecule has 0 bridgehead atoms. The molecule has 2 aromatic carbocycles. The van der Waals surface area contributed by atoms with Gasteiger partial charge >= 0.3 is 5.97 Å². The Morgan fingerprint density at radius 1 is 1.20 bits per heavy atom. The summed E-state index contributed by atoms with van der Waals surface area (Å²) in [5, 5.41) is 8.83. The van der Waals surface area contributed by atoms with Crippen molar-refractivity contribution in [2.75, 3.05) is 0 Å². The van der Waals surface area contributed by atoms with Crippen LogP contribution in [0, 0.1) is 5.82 Å². The van der Waals surface area contributed by atoms with Gasteiger partial charge < -0.3 is 9.84 Å². The van der Waals surface area contributed by atoms with Gasteiger partial charge in [-0.15, -0.1) is 0 Å². The smallest absolute Gasteiger partial charge is 0.335 e. The van der Waals surface area contributed by atoms with E-state index in [0.717, 1.165) is 18.9 Å². The number of hydrogen-bond acceptors (Lipinski definition) is 2. The summed E-state index contributed by atoms with van der Waals surface area (Å²) in [6.07, 6.45) is 2.40. The van der Waals surface area contributed by atoms with Gasteiger partial charge in [-0.3, -0.25) is 0 Å². The minimum Gasteiger partial charge on any atom is -0.490 e. The molecule has 4 heteroatoms. The highest BCUT2D eigenvalue weighted by atomic mass is 19.1. The second-order valence-corrected chi connectivity index (χ2v) is 4.84. The first-order valence-electron chi connectivity index (χ1n) is 6.43. The Bertz CT molecular complexity index is 663. The van der Waals surface area contributed by atoms with E-state index in [4.69, 9.17) is 9.84 Å². The molecular weight excluding hydrogens is 259 g/mol. The number of hydrogen-bond donors (Lipinski definition) is 1. The zero-order valence-electron chi connectivity index (χ0n) is 10.7. The molecule has 1 fully saturated rings.